The van der Waals surface area contributed by atoms with Crippen LogP contribution < -0.4 is 9.47 Å². The molecule has 0 spiro atoms. The fourth-order valence-electron chi connectivity index (χ4n) is 2.21. The maximum Gasteiger partial charge on any atom is 0.243 e. The van der Waals surface area contributed by atoms with E-state index in [0.29, 0.717) is 31.3 Å². The van der Waals surface area contributed by atoms with Crippen LogP contribution in [-0.4, -0.2) is 33.0 Å². The standard InChI is InChI=1S/C15H17NO4S2/c1-16(10-12-5-8-21-11-12)22(17,18)13-3-4-14-15(9-13)20-7-2-6-19-14/h3-5,8-9,11H,2,6-7,10H2,1H3. The topological polar surface area (TPSA) is 55.8 Å². The summed E-state index contributed by atoms with van der Waals surface area (Å²) in [5.74, 6) is 1.08. The van der Waals surface area contributed by atoms with Gasteiger partial charge in [-0.1, -0.05) is 0 Å². The molecule has 0 atom stereocenters. The highest BCUT2D eigenvalue weighted by Gasteiger charge is 2.23. The van der Waals surface area contributed by atoms with E-state index in [1.54, 1.807) is 36.6 Å². The zero-order chi connectivity index (χ0) is 15.6. The van der Waals surface area contributed by atoms with E-state index in [-0.39, 0.29) is 4.90 Å². The van der Waals surface area contributed by atoms with Gasteiger partial charge in [0.25, 0.3) is 0 Å². The minimum Gasteiger partial charge on any atom is -0.490 e. The summed E-state index contributed by atoms with van der Waals surface area (Å²) in [4.78, 5) is 0.217. The molecule has 0 amide bonds. The summed E-state index contributed by atoms with van der Waals surface area (Å²) < 4.78 is 37.8. The molecule has 1 aliphatic rings. The average molecular weight is 339 g/mol. The fourth-order valence-corrected chi connectivity index (χ4v) is 4.04. The van der Waals surface area contributed by atoms with Gasteiger partial charge in [0.15, 0.2) is 11.5 Å². The molecule has 0 fully saturated rings. The van der Waals surface area contributed by atoms with E-state index in [9.17, 15) is 8.42 Å². The molecule has 22 heavy (non-hydrogen) atoms. The first-order valence-electron chi connectivity index (χ1n) is 6.94. The van der Waals surface area contributed by atoms with Crippen LogP contribution in [0, 0.1) is 0 Å². The van der Waals surface area contributed by atoms with Gasteiger partial charge in [0.2, 0.25) is 10.0 Å². The van der Waals surface area contributed by atoms with Crippen LogP contribution in [0.15, 0.2) is 39.9 Å². The molecule has 0 aliphatic carbocycles. The molecule has 1 aromatic heterocycles. The number of sulfonamides is 1. The van der Waals surface area contributed by atoms with Gasteiger partial charge in [0, 0.05) is 26.1 Å². The van der Waals surface area contributed by atoms with E-state index in [0.717, 1.165) is 12.0 Å². The number of hydrogen-bond donors (Lipinski definition) is 0. The largest absolute Gasteiger partial charge is 0.490 e. The fraction of sp³-hybridized carbons (Fsp3) is 0.333. The highest BCUT2D eigenvalue weighted by atomic mass is 32.2. The number of nitrogens with zero attached hydrogens (tertiary/aromatic N) is 1. The van der Waals surface area contributed by atoms with Gasteiger partial charge < -0.3 is 9.47 Å². The minimum atomic E-state index is -3.56. The van der Waals surface area contributed by atoms with E-state index in [1.165, 1.54) is 4.31 Å². The SMILES string of the molecule is CN(Cc1ccsc1)S(=O)(=O)c1ccc2c(c1)OCCCO2. The van der Waals surface area contributed by atoms with Crippen molar-refractivity contribution in [2.45, 2.75) is 17.9 Å². The smallest absolute Gasteiger partial charge is 0.243 e. The maximum atomic E-state index is 12.7. The molecule has 118 valence electrons. The summed E-state index contributed by atoms with van der Waals surface area (Å²) in [5.41, 5.74) is 0.977. The van der Waals surface area contributed by atoms with E-state index >= 15 is 0 Å². The van der Waals surface area contributed by atoms with Crippen LogP contribution in [0.25, 0.3) is 0 Å². The third kappa shape index (κ3) is 3.11. The predicted molar refractivity (Wildman–Crippen MR) is 85.0 cm³/mol. The lowest BCUT2D eigenvalue weighted by Crippen LogP contribution is -2.26. The molecule has 0 bridgehead atoms. The van der Waals surface area contributed by atoms with Gasteiger partial charge in [0.1, 0.15) is 0 Å². The Hall–Kier alpha value is -1.57. The first-order valence-corrected chi connectivity index (χ1v) is 9.33. The summed E-state index contributed by atoms with van der Waals surface area (Å²) in [6.45, 7) is 1.46. The Kier molecular flexibility index (Phi) is 4.37. The highest BCUT2D eigenvalue weighted by molar-refractivity contribution is 7.89. The molecule has 1 aromatic carbocycles. The molecule has 5 nitrogen and oxygen atoms in total. The lowest BCUT2D eigenvalue weighted by molar-refractivity contribution is 0.297. The average Bonchev–Trinajstić information content (AvgIpc) is 2.89. The second-order valence-electron chi connectivity index (χ2n) is 5.05. The Balaban J connectivity index is 1.87. The lowest BCUT2D eigenvalue weighted by Gasteiger charge is -2.17. The monoisotopic (exact) mass is 339 g/mol. The normalized spacial score (nSPS) is 14.8. The van der Waals surface area contributed by atoms with E-state index in [1.807, 2.05) is 16.8 Å². The molecule has 0 radical (unpaired) electrons. The van der Waals surface area contributed by atoms with Gasteiger partial charge in [-0.25, -0.2) is 8.42 Å². The van der Waals surface area contributed by atoms with Crippen LogP contribution in [0.1, 0.15) is 12.0 Å². The number of fused-ring (bicyclic) bond motifs is 1. The van der Waals surface area contributed by atoms with Crippen LogP contribution in [0.5, 0.6) is 11.5 Å². The Bertz CT molecular complexity index is 741. The Morgan fingerprint density at radius 2 is 1.95 bits per heavy atom. The van der Waals surface area contributed by atoms with Crippen molar-refractivity contribution in [3.8, 4) is 11.5 Å². The van der Waals surface area contributed by atoms with Crippen LogP contribution in [0.3, 0.4) is 0 Å². The number of rotatable bonds is 4. The quantitative estimate of drug-likeness (QED) is 0.859. The summed E-state index contributed by atoms with van der Waals surface area (Å²) in [7, 11) is -1.98. The van der Waals surface area contributed by atoms with E-state index in [2.05, 4.69) is 0 Å². The number of thiophene rings is 1. The molecule has 3 rings (SSSR count). The first-order chi connectivity index (χ1) is 10.6. The van der Waals surface area contributed by atoms with Gasteiger partial charge in [-0.2, -0.15) is 15.6 Å². The molecule has 1 aliphatic heterocycles. The molecular formula is C15H17NO4S2. The molecule has 0 saturated heterocycles. The van der Waals surface area contributed by atoms with E-state index < -0.39 is 10.0 Å². The lowest BCUT2D eigenvalue weighted by atomic mass is 10.3. The zero-order valence-corrected chi connectivity index (χ0v) is 13.8. The second kappa shape index (κ2) is 6.28. The van der Waals surface area contributed by atoms with Gasteiger partial charge >= 0.3 is 0 Å². The van der Waals surface area contributed by atoms with Crippen molar-refractivity contribution in [2.24, 2.45) is 0 Å². The van der Waals surface area contributed by atoms with Crippen molar-refractivity contribution < 1.29 is 17.9 Å². The summed E-state index contributed by atoms with van der Waals surface area (Å²) in [6, 6.07) is 6.68. The summed E-state index contributed by atoms with van der Waals surface area (Å²) >= 11 is 1.55. The van der Waals surface area contributed by atoms with Crippen molar-refractivity contribution in [1.82, 2.24) is 4.31 Å². The van der Waals surface area contributed by atoms with Crippen LogP contribution in [0.2, 0.25) is 0 Å². The van der Waals surface area contributed by atoms with Crippen molar-refractivity contribution in [1.29, 1.82) is 0 Å². The van der Waals surface area contributed by atoms with Gasteiger partial charge in [-0.05, 0) is 34.5 Å². The molecule has 7 heteroatoms. The summed E-state index contributed by atoms with van der Waals surface area (Å²) in [5, 5.41) is 3.88. The molecule has 0 unspecified atom stereocenters. The molecule has 0 N–H and O–H groups in total. The molecule has 2 aromatic rings. The molecule has 2 heterocycles. The van der Waals surface area contributed by atoms with E-state index in [4.69, 9.17) is 9.47 Å². The number of hydrogen-bond acceptors (Lipinski definition) is 5. The van der Waals surface area contributed by atoms with Gasteiger partial charge in [0.05, 0.1) is 18.1 Å². The Morgan fingerprint density at radius 3 is 2.68 bits per heavy atom. The zero-order valence-electron chi connectivity index (χ0n) is 12.2. The third-order valence-electron chi connectivity index (χ3n) is 3.41. The van der Waals surface area contributed by atoms with Crippen molar-refractivity contribution in [2.75, 3.05) is 20.3 Å². The van der Waals surface area contributed by atoms with Gasteiger partial charge in [-0.15, -0.1) is 0 Å². The third-order valence-corrected chi connectivity index (χ3v) is 5.94. The second-order valence-corrected chi connectivity index (χ2v) is 7.88. The maximum absolute atomic E-state index is 12.7. The molecular weight excluding hydrogens is 322 g/mol. The van der Waals surface area contributed by atoms with Crippen LogP contribution in [-0.2, 0) is 16.6 Å². The first kappa shape index (κ1) is 15.3. The number of benzene rings is 1. The van der Waals surface area contributed by atoms with Crippen LogP contribution in [0.4, 0.5) is 0 Å². The highest BCUT2D eigenvalue weighted by Crippen LogP contribution is 2.32. The van der Waals surface area contributed by atoms with Gasteiger partial charge in [-0.3, -0.25) is 0 Å². The van der Waals surface area contributed by atoms with Crippen LogP contribution >= 0.6 is 11.3 Å². The van der Waals surface area contributed by atoms with Crippen molar-refractivity contribution >= 4 is 21.4 Å². The Morgan fingerprint density at radius 1 is 1.18 bits per heavy atom. The minimum absolute atomic E-state index is 0.217. The molecule has 0 saturated carbocycles. The predicted octanol–water partition coefficient (Wildman–Crippen LogP) is 2.73. The van der Waals surface area contributed by atoms with Crippen molar-refractivity contribution in [3.63, 3.8) is 0 Å². The Labute approximate surface area is 134 Å². The summed E-state index contributed by atoms with van der Waals surface area (Å²) in [6.07, 6.45) is 0.787. The van der Waals surface area contributed by atoms with Crippen molar-refractivity contribution in [3.05, 3.63) is 40.6 Å². The number of ether oxygens (including phenoxy) is 2.